The van der Waals surface area contributed by atoms with E-state index in [0.717, 1.165) is 11.8 Å². The zero-order valence-corrected chi connectivity index (χ0v) is 13.1. The second-order valence-electron chi connectivity index (χ2n) is 3.09. The Labute approximate surface area is 158 Å². The molecule has 0 atom stereocenters. The molecular formula is C12H13N3OVYb-2. The van der Waals surface area contributed by atoms with Crippen molar-refractivity contribution in [1.82, 2.24) is 0 Å². The van der Waals surface area contributed by atoms with Gasteiger partial charge < -0.3 is 20.4 Å². The Bertz CT molecular complexity index is 447. The van der Waals surface area contributed by atoms with Crippen LogP contribution in [-0.2, 0) is 18.6 Å². The van der Waals surface area contributed by atoms with Crippen molar-refractivity contribution < 1.29 is 70.6 Å². The third-order valence-electron chi connectivity index (χ3n) is 2.06. The van der Waals surface area contributed by atoms with Gasteiger partial charge in [-0.2, -0.15) is 0 Å². The number of guanidine groups is 1. The summed E-state index contributed by atoms with van der Waals surface area (Å²) in [7, 11) is 1.56. The van der Waals surface area contributed by atoms with Gasteiger partial charge in [0.2, 0.25) is 0 Å². The Kier molecular flexibility index (Phi) is 12.3. The maximum Gasteiger partial charge on any atom is 0.0827 e. The first-order chi connectivity index (χ1) is 7.72. The number of aliphatic hydroxyl groups is 1. The van der Waals surface area contributed by atoms with Crippen LogP contribution in [0.5, 0.6) is 0 Å². The fourth-order valence-corrected chi connectivity index (χ4v) is 1.22. The minimum Gasteiger partial charge on any atom is -0.575 e. The minimum atomic E-state index is 0. The second kappa shape index (κ2) is 10.9. The van der Waals surface area contributed by atoms with E-state index in [2.05, 4.69) is 15.3 Å². The second-order valence-corrected chi connectivity index (χ2v) is 3.09. The summed E-state index contributed by atoms with van der Waals surface area (Å²) in [6, 6.07) is 7.36. The number of aliphatic hydroxyl groups excluding tert-OH is 1. The van der Waals surface area contributed by atoms with Crippen molar-refractivity contribution in [1.29, 1.82) is 0 Å². The average molecular weight is 439 g/mol. The summed E-state index contributed by atoms with van der Waals surface area (Å²) in [5, 5.41) is 12.8. The van der Waals surface area contributed by atoms with Crippen molar-refractivity contribution in [2.45, 2.75) is 6.92 Å². The Morgan fingerprint density at radius 1 is 1.39 bits per heavy atom. The monoisotopic (exact) mass is 440 g/mol. The summed E-state index contributed by atoms with van der Waals surface area (Å²) in [6.45, 7) is 6.91. The summed E-state index contributed by atoms with van der Waals surface area (Å²) in [5.74, 6) is 0.207. The molecule has 1 aromatic carbocycles. The van der Waals surface area contributed by atoms with Gasteiger partial charge in [-0.15, -0.1) is 5.96 Å². The maximum atomic E-state index is 8.98. The van der Waals surface area contributed by atoms with E-state index in [0.29, 0.717) is 11.3 Å². The van der Waals surface area contributed by atoms with Crippen LogP contribution in [-0.4, -0.2) is 24.8 Å². The van der Waals surface area contributed by atoms with Crippen LogP contribution < -0.4 is 0 Å². The van der Waals surface area contributed by atoms with Crippen LogP contribution in [0.15, 0.2) is 40.5 Å². The van der Waals surface area contributed by atoms with Crippen molar-refractivity contribution in [3.8, 4) is 0 Å². The maximum absolute atomic E-state index is 8.98. The number of para-hydroxylation sites is 1. The van der Waals surface area contributed by atoms with Crippen LogP contribution in [0.25, 0.3) is 10.9 Å². The molecule has 0 aliphatic rings. The smallest absolute Gasteiger partial charge is 0.0827 e. The van der Waals surface area contributed by atoms with Crippen molar-refractivity contribution in [3.63, 3.8) is 0 Å². The van der Waals surface area contributed by atoms with E-state index in [9.17, 15) is 0 Å². The van der Waals surface area contributed by atoms with Gasteiger partial charge in [-0.3, -0.25) is 6.72 Å². The van der Waals surface area contributed by atoms with Gasteiger partial charge in [-0.1, -0.05) is 31.3 Å². The van der Waals surface area contributed by atoms with Crippen LogP contribution in [0.2, 0.25) is 0 Å². The van der Waals surface area contributed by atoms with Crippen molar-refractivity contribution >= 4 is 23.9 Å². The predicted molar refractivity (Wildman–Crippen MR) is 67.6 cm³/mol. The zero-order chi connectivity index (χ0) is 12.0. The molecule has 0 fully saturated rings. The van der Waals surface area contributed by atoms with Crippen molar-refractivity contribution in [2.24, 2.45) is 9.98 Å². The largest absolute Gasteiger partial charge is 0.575 e. The van der Waals surface area contributed by atoms with Crippen LogP contribution in [0.1, 0.15) is 12.5 Å². The van der Waals surface area contributed by atoms with Gasteiger partial charge in [0.25, 0.3) is 0 Å². The molecular weight excluding hydrogens is 426 g/mol. The van der Waals surface area contributed by atoms with Crippen LogP contribution in [0.4, 0.5) is 5.69 Å². The van der Waals surface area contributed by atoms with Gasteiger partial charge in [0.15, 0.2) is 0 Å². The molecule has 103 valence electrons. The molecule has 0 saturated carbocycles. The number of aliphatic imine (C=N–C) groups is 2. The summed E-state index contributed by atoms with van der Waals surface area (Å²) in [5.41, 5.74) is 2.20. The van der Waals surface area contributed by atoms with Crippen molar-refractivity contribution in [3.05, 3.63) is 41.4 Å². The molecule has 4 nitrogen and oxygen atoms in total. The van der Waals surface area contributed by atoms with E-state index in [-0.39, 0.29) is 71.4 Å². The molecule has 1 aromatic rings. The Hall–Kier alpha value is 0.00390. The first-order valence-electron chi connectivity index (χ1n) is 4.72. The number of benzene rings is 1. The number of allylic oxidation sites excluding steroid dienone is 1. The topological polar surface area (TPSA) is 59.1 Å². The molecule has 1 rings (SSSR count). The van der Waals surface area contributed by atoms with E-state index >= 15 is 0 Å². The fourth-order valence-electron chi connectivity index (χ4n) is 1.22. The quantitative estimate of drug-likeness (QED) is 0.327. The van der Waals surface area contributed by atoms with Gasteiger partial charge in [-0.25, -0.2) is 0 Å². The number of nitrogens with zero attached hydrogens (tertiary/aromatic N) is 3. The van der Waals surface area contributed by atoms with Crippen LogP contribution in [0.3, 0.4) is 0 Å². The molecule has 0 aliphatic heterocycles. The average Bonchev–Trinajstić information content (AvgIpc) is 2.35. The van der Waals surface area contributed by atoms with E-state index in [1.807, 2.05) is 18.2 Å². The van der Waals surface area contributed by atoms with Crippen LogP contribution >= 0.6 is 0 Å². The van der Waals surface area contributed by atoms with E-state index in [1.165, 1.54) is 0 Å². The summed E-state index contributed by atoms with van der Waals surface area (Å²) >= 11 is 0. The number of hydrogen-bond donors (Lipinski definition) is 1. The molecule has 6 heteroatoms. The first kappa shape index (κ1) is 20.3. The van der Waals surface area contributed by atoms with E-state index in [4.69, 9.17) is 11.8 Å². The number of rotatable bonds is 2. The van der Waals surface area contributed by atoms with Gasteiger partial charge in [0.05, 0.1) is 6.26 Å². The summed E-state index contributed by atoms with van der Waals surface area (Å²) < 4.78 is 0. The molecule has 18 heavy (non-hydrogen) atoms. The van der Waals surface area contributed by atoms with E-state index in [1.54, 1.807) is 20.0 Å². The molecule has 1 N–H and O–H groups in total. The zero-order valence-electron chi connectivity index (χ0n) is 9.97. The Morgan fingerprint density at radius 2 is 2.00 bits per heavy atom. The number of hydrogen-bond acceptors (Lipinski definition) is 2. The predicted octanol–water partition coefficient (Wildman–Crippen LogP) is 3.17. The molecule has 0 saturated heterocycles. The molecule has 0 unspecified atom stereocenters. The molecule has 0 spiro atoms. The minimum absolute atomic E-state index is 0. The van der Waals surface area contributed by atoms with Crippen molar-refractivity contribution in [2.75, 3.05) is 7.05 Å². The van der Waals surface area contributed by atoms with Gasteiger partial charge >= 0.3 is 0 Å². The molecule has 1 radical (unpaired) electrons. The van der Waals surface area contributed by atoms with Gasteiger partial charge in [0.1, 0.15) is 0 Å². The summed E-state index contributed by atoms with van der Waals surface area (Å²) in [6.07, 6.45) is 1.04. The summed E-state index contributed by atoms with van der Waals surface area (Å²) in [4.78, 5) is 7.60. The Balaban J connectivity index is 0. The third kappa shape index (κ3) is 5.76. The SMILES string of the molecule is [CH-]=NC(=Nc1ccccc1/C(C)=C\O)[N-]C.[V].[Yb]. The molecule has 0 aromatic heterocycles. The van der Waals surface area contributed by atoms with Gasteiger partial charge in [0, 0.05) is 65.5 Å². The molecule has 0 aliphatic carbocycles. The standard InChI is InChI=1S/C12H13N3O.V.Yb/c1-9(8-16)10-6-4-5-7-11(10)15-12(13-2)14-3;;/h2,4-8H,1,3H3,(H-,14,15,16);;/q-2;;/b9-8-;;. The van der Waals surface area contributed by atoms with E-state index < -0.39 is 0 Å². The molecule has 0 bridgehead atoms. The molecule has 0 heterocycles. The molecule has 0 amide bonds. The fraction of sp³-hybridized carbons (Fsp3) is 0.167. The van der Waals surface area contributed by atoms with Gasteiger partial charge in [-0.05, 0) is 23.7 Å². The Morgan fingerprint density at radius 3 is 2.50 bits per heavy atom. The third-order valence-corrected chi connectivity index (χ3v) is 2.06. The first-order valence-corrected chi connectivity index (χ1v) is 4.72. The normalized spacial score (nSPS) is 11.0. The van der Waals surface area contributed by atoms with Crippen LogP contribution in [0, 0.1) is 46.9 Å².